The Balaban J connectivity index is 0.00000441. The van der Waals surface area contributed by atoms with Crippen molar-refractivity contribution in [2.75, 3.05) is 6.61 Å². The molecule has 5 nitrogen and oxygen atoms in total. The molecule has 124 valence electrons. The van der Waals surface area contributed by atoms with Crippen LogP contribution in [0.2, 0.25) is 0 Å². The molecule has 0 aliphatic heterocycles. The Morgan fingerprint density at radius 1 is 1.23 bits per heavy atom. The first-order valence-electron chi connectivity index (χ1n) is 7.05. The maximum atomic E-state index is 11.9. The van der Waals surface area contributed by atoms with Crippen molar-refractivity contribution < 1.29 is 14.3 Å². The smallest absolute Gasteiger partial charge is 0.338 e. The summed E-state index contributed by atoms with van der Waals surface area (Å²) >= 11 is 0. The molecule has 0 fully saturated rings. The fourth-order valence-electron chi connectivity index (χ4n) is 1.67. The Bertz CT molecular complexity index is 495. The van der Waals surface area contributed by atoms with Crippen molar-refractivity contribution in [2.45, 2.75) is 40.3 Å². The van der Waals surface area contributed by atoms with Gasteiger partial charge < -0.3 is 15.8 Å². The lowest BCUT2D eigenvalue weighted by Crippen LogP contribution is -2.48. The molecule has 1 rings (SSSR count). The van der Waals surface area contributed by atoms with Gasteiger partial charge in [-0.3, -0.25) is 4.79 Å². The van der Waals surface area contributed by atoms with E-state index in [0.717, 1.165) is 5.56 Å². The summed E-state index contributed by atoms with van der Waals surface area (Å²) in [6, 6.07) is 6.38. The van der Waals surface area contributed by atoms with Crippen LogP contribution in [0.1, 0.15) is 43.6 Å². The number of amides is 1. The number of nitrogens with two attached hydrogens (primary N) is 1. The number of nitrogens with one attached hydrogen (secondary N) is 1. The van der Waals surface area contributed by atoms with Crippen LogP contribution in [0.5, 0.6) is 0 Å². The van der Waals surface area contributed by atoms with Gasteiger partial charge in [-0.05, 0) is 30.0 Å². The molecular formula is C16H25ClN2O3. The second-order valence-corrected chi connectivity index (χ2v) is 5.98. The molecule has 22 heavy (non-hydrogen) atoms. The maximum Gasteiger partial charge on any atom is 0.338 e. The maximum absolute atomic E-state index is 11.9. The molecule has 0 spiro atoms. The molecule has 1 amide bonds. The lowest BCUT2D eigenvalue weighted by atomic mass is 9.87. The summed E-state index contributed by atoms with van der Waals surface area (Å²) in [5.74, 6) is -0.528. The monoisotopic (exact) mass is 328 g/mol. The predicted molar refractivity (Wildman–Crippen MR) is 88.9 cm³/mol. The summed E-state index contributed by atoms with van der Waals surface area (Å²) in [5, 5.41) is 2.80. The van der Waals surface area contributed by atoms with Gasteiger partial charge in [-0.1, -0.05) is 32.9 Å². The lowest BCUT2D eigenvalue weighted by Gasteiger charge is -2.25. The Morgan fingerprint density at radius 2 is 1.77 bits per heavy atom. The number of carbonyl (C=O) groups is 2. The Morgan fingerprint density at radius 3 is 2.23 bits per heavy atom. The zero-order valence-electron chi connectivity index (χ0n) is 13.5. The molecule has 0 radical (unpaired) electrons. The Kier molecular flexibility index (Phi) is 8.12. The van der Waals surface area contributed by atoms with Crippen LogP contribution in [0.4, 0.5) is 0 Å². The van der Waals surface area contributed by atoms with Gasteiger partial charge in [0.25, 0.3) is 0 Å². The molecule has 1 aromatic carbocycles. The van der Waals surface area contributed by atoms with E-state index in [0.29, 0.717) is 18.7 Å². The number of carbonyl (C=O) groups excluding carboxylic acids is 2. The number of hydrogen-bond acceptors (Lipinski definition) is 4. The van der Waals surface area contributed by atoms with Crippen LogP contribution in [-0.4, -0.2) is 24.5 Å². The summed E-state index contributed by atoms with van der Waals surface area (Å²) in [6.45, 7) is 8.26. The van der Waals surface area contributed by atoms with E-state index in [2.05, 4.69) is 5.32 Å². The second-order valence-electron chi connectivity index (χ2n) is 5.98. The molecule has 0 saturated heterocycles. The SMILES string of the molecule is CCOC(=O)c1ccc(CNC(=O)[C@@H](N)C(C)(C)C)cc1.Cl. The molecule has 0 aromatic heterocycles. The third-order valence-electron chi connectivity index (χ3n) is 3.15. The quantitative estimate of drug-likeness (QED) is 0.812. The van der Waals surface area contributed by atoms with Crippen molar-refractivity contribution in [3.63, 3.8) is 0 Å². The van der Waals surface area contributed by atoms with Gasteiger partial charge in [0.1, 0.15) is 0 Å². The van der Waals surface area contributed by atoms with E-state index >= 15 is 0 Å². The highest BCUT2D eigenvalue weighted by Crippen LogP contribution is 2.17. The average molecular weight is 329 g/mol. The Labute approximate surface area is 138 Å². The summed E-state index contributed by atoms with van der Waals surface area (Å²) in [5.41, 5.74) is 7.00. The molecule has 6 heteroatoms. The largest absolute Gasteiger partial charge is 0.462 e. The van der Waals surface area contributed by atoms with E-state index in [1.807, 2.05) is 20.8 Å². The van der Waals surface area contributed by atoms with Gasteiger partial charge in [-0.25, -0.2) is 4.79 Å². The van der Waals surface area contributed by atoms with Gasteiger partial charge in [0, 0.05) is 6.54 Å². The van der Waals surface area contributed by atoms with E-state index in [1.54, 1.807) is 31.2 Å². The molecule has 0 unspecified atom stereocenters. The van der Waals surface area contributed by atoms with Gasteiger partial charge in [0.05, 0.1) is 18.2 Å². The van der Waals surface area contributed by atoms with Crippen molar-refractivity contribution in [2.24, 2.45) is 11.1 Å². The second kappa shape index (κ2) is 8.76. The molecule has 1 aromatic rings. The average Bonchev–Trinajstić information content (AvgIpc) is 2.43. The number of benzene rings is 1. The van der Waals surface area contributed by atoms with E-state index in [9.17, 15) is 9.59 Å². The minimum absolute atomic E-state index is 0. The van der Waals surface area contributed by atoms with Crippen molar-refractivity contribution in [1.82, 2.24) is 5.32 Å². The van der Waals surface area contributed by atoms with E-state index in [1.165, 1.54) is 0 Å². The lowest BCUT2D eigenvalue weighted by molar-refractivity contribution is -0.124. The topological polar surface area (TPSA) is 81.4 Å². The summed E-state index contributed by atoms with van der Waals surface area (Å²) < 4.78 is 4.91. The van der Waals surface area contributed by atoms with E-state index in [-0.39, 0.29) is 29.7 Å². The molecular weight excluding hydrogens is 304 g/mol. The van der Waals surface area contributed by atoms with E-state index < -0.39 is 6.04 Å². The standard InChI is InChI=1S/C16H24N2O3.ClH/c1-5-21-15(20)12-8-6-11(7-9-12)10-18-14(19)13(17)16(2,3)4;/h6-9,13H,5,10,17H2,1-4H3,(H,18,19);1H/t13-;/m1./s1. The van der Waals surface area contributed by atoms with Crippen molar-refractivity contribution in [3.8, 4) is 0 Å². The van der Waals surface area contributed by atoms with E-state index in [4.69, 9.17) is 10.5 Å². The Hall–Kier alpha value is -1.59. The number of hydrogen-bond donors (Lipinski definition) is 2. The highest BCUT2D eigenvalue weighted by atomic mass is 35.5. The third-order valence-corrected chi connectivity index (χ3v) is 3.15. The van der Waals surface area contributed by atoms with Crippen molar-refractivity contribution >= 4 is 24.3 Å². The normalized spacial score (nSPS) is 12.0. The number of ether oxygens (including phenoxy) is 1. The highest BCUT2D eigenvalue weighted by Gasteiger charge is 2.27. The van der Waals surface area contributed by atoms with Gasteiger partial charge >= 0.3 is 5.97 Å². The minimum Gasteiger partial charge on any atom is -0.462 e. The van der Waals surface area contributed by atoms with Crippen LogP contribution in [0, 0.1) is 5.41 Å². The molecule has 0 bridgehead atoms. The van der Waals surface area contributed by atoms with Crippen LogP contribution in [-0.2, 0) is 16.1 Å². The van der Waals surface area contributed by atoms with Gasteiger partial charge in [-0.2, -0.15) is 0 Å². The molecule has 1 atom stereocenters. The number of rotatable bonds is 5. The van der Waals surface area contributed by atoms with Gasteiger partial charge in [0.2, 0.25) is 5.91 Å². The predicted octanol–water partition coefficient (Wildman–Crippen LogP) is 2.27. The zero-order chi connectivity index (χ0) is 16.0. The number of esters is 1. The number of halogens is 1. The third kappa shape index (κ3) is 6.03. The van der Waals surface area contributed by atoms with Gasteiger partial charge in [-0.15, -0.1) is 12.4 Å². The fourth-order valence-corrected chi connectivity index (χ4v) is 1.67. The molecule has 3 N–H and O–H groups in total. The molecule has 0 aliphatic carbocycles. The molecule has 0 aliphatic rings. The first kappa shape index (κ1) is 20.4. The van der Waals surface area contributed by atoms with Crippen LogP contribution >= 0.6 is 12.4 Å². The zero-order valence-corrected chi connectivity index (χ0v) is 14.3. The van der Waals surface area contributed by atoms with Crippen LogP contribution in [0.15, 0.2) is 24.3 Å². The van der Waals surface area contributed by atoms with Crippen LogP contribution in [0.3, 0.4) is 0 Å². The van der Waals surface area contributed by atoms with Gasteiger partial charge in [0.15, 0.2) is 0 Å². The van der Waals surface area contributed by atoms with Crippen LogP contribution in [0.25, 0.3) is 0 Å². The van der Waals surface area contributed by atoms with Crippen molar-refractivity contribution in [3.05, 3.63) is 35.4 Å². The van der Waals surface area contributed by atoms with Crippen LogP contribution < -0.4 is 11.1 Å². The van der Waals surface area contributed by atoms with Crippen molar-refractivity contribution in [1.29, 1.82) is 0 Å². The first-order chi connectivity index (χ1) is 9.75. The summed E-state index contributed by atoms with van der Waals surface area (Å²) in [7, 11) is 0. The summed E-state index contributed by atoms with van der Waals surface area (Å²) in [6.07, 6.45) is 0. The fraction of sp³-hybridized carbons (Fsp3) is 0.500. The molecule has 0 heterocycles. The minimum atomic E-state index is -0.559. The first-order valence-corrected chi connectivity index (χ1v) is 7.05. The molecule has 0 saturated carbocycles. The summed E-state index contributed by atoms with van der Waals surface area (Å²) in [4.78, 5) is 23.4. The highest BCUT2D eigenvalue weighted by molar-refractivity contribution is 5.89.